The lowest BCUT2D eigenvalue weighted by Crippen LogP contribution is -2.06. The molecule has 0 spiro atoms. The summed E-state index contributed by atoms with van der Waals surface area (Å²) in [6.45, 7) is 0.385. The van der Waals surface area contributed by atoms with Crippen LogP contribution in [0.3, 0.4) is 0 Å². The maximum atomic E-state index is 9.12. The van der Waals surface area contributed by atoms with E-state index in [9.17, 15) is 0 Å². The summed E-state index contributed by atoms with van der Waals surface area (Å²) in [6, 6.07) is 10.1. The molecule has 5 heteroatoms. The molecule has 0 amide bonds. The fraction of sp³-hybridized carbons (Fsp3) is 0.375. The molecular formula is C16H16BrN3O. The van der Waals surface area contributed by atoms with Crippen LogP contribution >= 0.6 is 15.9 Å². The third-order valence-electron chi connectivity index (χ3n) is 3.80. The van der Waals surface area contributed by atoms with Gasteiger partial charge in [0.25, 0.3) is 0 Å². The molecule has 0 saturated heterocycles. The average Bonchev–Trinajstić information content (AvgIpc) is 3.16. The Kier molecular flexibility index (Phi) is 4.26. The molecule has 1 heterocycles. The number of benzene rings is 1. The molecule has 1 aliphatic rings. The molecule has 0 unspecified atom stereocenters. The molecule has 2 aromatic rings. The quantitative estimate of drug-likeness (QED) is 0.833. The van der Waals surface area contributed by atoms with Gasteiger partial charge in [0, 0.05) is 10.7 Å². The summed E-state index contributed by atoms with van der Waals surface area (Å²) in [7, 11) is 0. The number of nitriles is 1. The number of rotatable bonds is 4. The van der Waals surface area contributed by atoms with E-state index in [0.717, 1.165) is 10.2 Å². The van der Waals surface area contributed by atoms with Gasteiger partial charge in [0.05, 0.1) is 17.3 Å². The van der Waals surface area contributed by atoms with E-state index in [0.29, 0.717) is 24.0 Å². The van der Waals surface area contributed by atoms with Gasteiger partial charge in [0.2, 0.25) is 0 Å². The second-order valence-electron chi connectivity index (χ2n) is 5.27. The van der Waals surface area contributed by atoms with Crippen molar-refractivity contribution in [3.05, 3.63) is 46.2 Å². The second kappa shape index (κ2) is 6.31. The average molecular weight is 346 g/mol. The Bertz CT molecular complexity index is 668. The van der Waals surface area contributed by atoms with Crippen molar-refractivity contribution in [2.75, 3.05) is 0 Å². The molecule has 1 aromatic heterocycles. The number of hydrogen-bond donors (Lipinski definition) is 0. The minimum atomic E-state index is 0.385. The van der Waals surface area contributed by atoms with Crippen molar-refractivity contribution in [1.82, 2.24) is 9.78 Å². The molecule has 108 valence electrons. The van der Waals surface area contributed by atoms with E-state index in [-0.39, 0.29) is 0 Å². The van der Waals surface area contributed by atoms with Crippen molar-refractivity contribution >= 4 is 15.9 Å². The van der Waals surface area contributed by atoms with Crippen LogP contribution in [0.5, 0.6) is 5.75 Å². The molecule has 3 rings (SSSR count). The molecule has 21 heavy (non-hydrogen) atoms. The fourth-order valence-electron chi connectivity index (χ4n) is 2.69. The predicted octanol–water partition coefficient (Wildman–Crippen LogP) is 4.21. The number of hydrogen-bond acceptors (Lipinski definition) is 3. The number of halogens is 1. The van der Waals surface area contributed by atoms with Crippen LogP contribution in [-0.2, 0) is 6.61 Å². The van der Waals surface area contributed by atoms with E-state index >= 15 is 0 Å². The topological polar surface area (TPSA) is 50.8 Å². The van der Waals surface area contributed by atoms with Gasteiger partial charge in [-0.1, -0.05) is 28.8 Å². The predicted molar refractivity (Wildman–Crippen MR) is 82.9 cm³/mol. The van der Waals surface area contributed by atoms with Crippen molar-refractivity contribution in [2.45, 2.75) is 38.3 Å². The summed E-state index contributed by atoms with van der Waals surface area (Å²) < 4.78 is 8.65. The molecule has 0 bridgehead atoms. The molecular weight excluding hydrogens is 330 g/mol. The number of aromatic nitrogens is 2. The van der Waals surface area contributed by atoms with E-state index in [4.69, 9.17) is 10.00 Å². The Morgan fingerprint density at radius 3 is 2.90 bits per heavy atom. The fourth-order valence-corrected chi connectivity index (χ4v) is 3.05. The van der Waals surface area contributed by atoms with Crippen molar-refractivity contribution in [3.63, 3.8) is 0 Å². The normalized spacial score (nSPS) is 15.0. The van der Waals surface area contributed by atoms with Crippen molar-refractivity contribution in [3.8, 4) is 11.8 Å². The van der Waals surface area contributed by atoms with Crippen LogP contribution in [0.1, 0.15) is 43.0 Å². The zero-order valence-electron chi connectivity index (χ0n) is 11.6. The van der Waals surface area contributed by atoms with Gasteiger partial charge in [-0.15, -0.1) is 0 Å². The lowest BCUT2D eigenvalue weighted by molar-refractivity contribution is 0.297. The van der Waals surface area contributed by atoms with Gasteiger partial charge in [-0.05, 0) is 37.1 Å². The first kappa shape index (κ1) is 14.2. The van der Waals surface area contributed by atoms with Gasteiger partial charge >= 0.3 is 0 Å². The Morgan fingerprint density at radius 2 is 2.14 bits per heavy atom. The van der Waals surface area contributed by atoms with Crippen LogP contribution in [-0.4, -0.2) is 9.78 Å². The molecule has 0 radical (unpaired) electrons. The van der Waals surface area contributed by atoms with Crippen LogP contribution in [0.25, 0.3) is 0 Å². The third kappa shape index (κ3) is 3.27. The van der Waals surface area contributed by atoms with Gasteiger partial charge in [0.1, 0.15) is 18.4 Å². The van der Waals surface area contributed by atoms with Crippen molar-refractivity contribution in [2.24, 2.45) is 0 Å². The van der Waals surface area contributed by atoms with Crippen LogP contribution in [0.4, 0.5) is 0 Å². The molecule has 0 N–H and O–H groups in total. The van der Waals surface area contributed by atoms with Gasteiger partial charge < -0.3 is 4.74 Å². The SMILES string of the molecule is N#Cc1cc(Br)ccc1OCc1ccn(C2CCCC2)n1. The van der Waals surface area contributed by atoms with E-state index in [2.05, 4.69) is 31.8 Å². The van der Waals surface area contributed by atoms with Crippen LogP contribution in [0, 0.1) is 11.3 Å². The zero-order chi connectivity index (χ0) is 14.7. The van der Waals surface area contributed by atoms with Gasteiger partial charge in [-0.3, -0.25) is 4.68 Å². The highest BCUT2D eigenvalue weighted by molar-refractivity contribution is 9.10. The summed E-state index contributed by atoms with van der Waals surface area (Å²) in [5, 5.41) is 13.7. The van der Waals surface area contributed by atoms with Gasteiger partial charge in [-0.25, -0.2) is 0 Å². The summed E-state index contributed by atoms with van der Waals surface area (Å²) in [5.74, 6) is 0.594. The Balaban J connectivity index is 1.66. The number of ether oxygens (including phenoxy) is 1. The summed E-state index contributed by atoms with van der Waals surface area (Å²) in [5.41, 5.74) is 1.42. The van der Waals surface area contributed by atoms with Crippen molar-refractivity contribution in [1.29, 1.82) is 5.26 Å². The highest BCUT2D eigenvalue weighted by Gasteiger charge is 2.17. The zero-order valence-corrected chi connectivity index (χ0v) is 13.2. The smallest absolute Gasteiger partial charge is 0.137 e. The highest BCUT2D eigenvalue weighted by Crippen LogP contribution is 2.29. The Morgan fingerprint density at radius 1 is 1.33 bits per heavy atom. The molecule has 1 fully saturated rings. The molecule has 1 aliphatic carbocycles. The van der Waals surface area contributed by atoms with Gasteiger partial charge in [0.15, 0.2) is 0 Å². The largest absolute Gasteiger partial charge is 0.486 e. The first-order chi connectivity index (χ1) is 10.3. The van der Waals surface area contributed by atoms with E-state index in [1.165, 1.54) is 25.7 Å². The van der Waals surface area contributed by atoms with Crippen LogP contribution < -0.4 is 4.74 Å². The number of nitrogens with zero attached hydrogens (tertiary/aromatic N) is 3. The Hall–Kier alpha value is -1.80. The maximum absolute atomic E-state index is 9.12. The molecule has 1 aromatic carbocycles. The minimum Gasteiger partial charge on any atom is -0.486 e. The first-order valence-corrected chi connectivity index (χ1v) is 7.92. The summed E-state index contributed by atoms with van der Waals surface area (Å²) >= 11 is 3.35. The molecule has 4 nitrogen and oxygen atoms in total. The van der Waals surface area contributed by atoms with Gasteiger partial charge in [-0.2, -0.15) is 10.4 Å². The van der Waals surface area contributed by atoms with E-state index < -0.39 is 0 Å². The van der Waals surface area contributed by atoms with Crippen molar-refractivity contribution < 1.29 is 4.74 Å². The third-order valence-corrected chi connectivity index (χ3v) is 4.29. The summed E-state index contributed by atoms with van der Waals surface area (Å²) in [4.78, 5) is 0. The van der Waals surface area contributed by atoms with Crippen LogP contribution in [0.2, 0.25) is 0 Å². The van der Waals surface area contributed by atoms with E-state index in [1.54, 1.807) is 12.1 Å². The maximum Gasteiger partial charge on any atom is 0.137 e. The molecule has 0 aliphatic heterocycles. The van der Waals surface area contributed by atoms with Crippen LogP contribution in [0.15, 0.2) is 34.9 Å². The first-order valence-electron chi connectivity index (χ1n) is 7.13. The monoisotopic (exact) mass is 345 g/mol. The Labute approximate surface area is 132 Å². The molecule has 0 atom stereocenters. The highest BCUT2D eigenvalue weighted by atomic mass is 79.9. The minimum absolute atomic E-state index is 0.385. The molecule has 1 saturated carbocycles. The second-order valence-corrected chi connectivity index (χ2v) is 6.18. The standard InChI is InChI=1S/C16H16BrN3O/c17-13-5-6-16(12(9-13)10-18)21-11-14-7-8-20(19-14)15-3-1-2-4-15/h5-9,15H,1-4,11H2. The lowest BCUT2D eigenvalue weighted by atomic mass is 10.2. The lowest BCUT2D eigenvalue weighted by Gasteiger charge is -2.09. The summed E-state index contributed by atoms with van der Waals surface area (Å²) in [6.07, 6.45) is 7.05. The van der Waals surface area contributed by atoms with E-state index in [1.807, 2.05) is 18.3 Å².